The maximum Gasteiger partial charge on any atom is 0.334 e. The van der Waals surface area contributed by atoms with E-state index in [9.17, 15) is 14.9 Å². The van der Waals surface area contributed by atoms with Gasteiger partial charge in [0.2, 0.25) is 11.7 Å². The zero-order chi connectivity index (χ0) is 17.1. The maximum absolute atomic E-state index is 12.1. The molecule has 0 N–H and O–H groups in total. The van der Waals surface area contributed by atoms with Crippen LogP contribution >= 0.6 is 0 Å². The van der Waals surface area contributed by atoms with E-state index in [0.717, 1.165) is 0 Å². The van der Waals surface area contributed by atoms with Crippen LogP contribution in [-0.4, -0.2) is 77.2 Å². The van der Waals surface area contributed by atoms with Crippen molar-refractivity contribution in [3.8, 4) is 0 Å². The number of carbonyl (C=O) groups is 1. The molecule has 1 aliphatic rings. The van der Waals surface area contributed by atoms with Gasteiger partial charge in [0.25, 0.3) is 0 Å². The van der Waals surface area contributed by atoms with Gasteiger partial charge in [0.1, 0.15) is 5.69 Å². The van der Waals surface area contributed by atoms with Gasteiger partial charge in [-0.3, -0.25) is 14.9 Å². The first-order valence-corrected chi connectivity index (χ1v) is 7.72. The molecule has 2 heterocycles. The van der Waals surface area contributed by atoms with Crippen LogP contribution in [0.2, 0.25) is 0 Å². The van der Waals surface area contributed by atoms with Crippen molar-refractivity contribution in [3.63, 3.8) is 0 Å². The van der Waals surface area contributed by atoms with Gasteiger partial charge in [0.15, 0.2) is 0 Å². The molecule has 1 saturated heterocycles. The number of hydrogen-bond acceptors (Lipinski definition) is 6. The average molecular weight is 324 g/mol. The number of nitro groups is 1. The molecule has 1 fully saturated rings. The maximum atomic E-state index is 12.1. The van der Waals surface area contributed by atoms with E-state index < -0.39 is 0 Å². The van der Waals surface area contributed by atoms with Crippen molar-refractivity contribution in [1.82, 2.24) is 19.6 Å². The largest absolute Gasteiger partial charge is 0.348 e. The van der Waals surface area contributed by atoms with Crippen molar-refractivity contribution in [2.24, 2.45) is 7.05 Å². The molecule has 0 spiro atoms. The van der Waals surface area contributed by atoms with Gasteiger partial charge in [0.05, 0.1) is 11.5 Å². The summed E-state index contributed by atoms with van der Waals surface area (Å²) in [6.45, 7) is 4.52. The van der Waals surface area contributed by atoms with Crippen LogP contribution in [0.25, 0.3) is 0 Å². The highest BCUT2D eigenvalue weighted by Gasteiger charge is 2.32. The summed E-state index contributed by atoms with van der Waals surface area (Å²) in [7, 11) is 5.45. The van der Waals surface area contributed by atoms with Crippen molar-refractivity contribution in [1.29, 1.82) is 0 Å². The van der Waals surface area contributed by atoms with Crippen LogP contribution < -0.4 is 4.90 Å². The van der Waals surface area contributed by atoms with Crippen molar-refractivity contribution in [2.45, 2.75) is 13.3 Å². The van der Waals surface area contributed by atoms with Crippen LogP contribution in [0.3, 0.4) is 0 Å². The Bertz CT molecular complexity index is 590. The van der Waals surface area contributed by atoms with Crippen LogP contribution in [0.15, 0.2) is 0 Å². The highest BCUT2D eigenvalue weighted by molar-refractivity contribution is 5.78. The summed E-state index contributed by atoms with van der Waals surface area (Å²) in [5.74, 6) is 0.620. The molecular formula is C14H24N6O3. The van der Waals surface area contributed by atoms with Gasteiger partial charge in [-0.1, -0.05) is 6.92 Å². The third kappa shape index (κ3) is 3.61. The first kappa shape index (κ1) is 17.2. The van der Waals surface area contributed by atoms with Gasteiger partial charge in [-0.25, -0.2) is 4.68 Å². The van der Waals surface area contributed by atoms with E-state index in [1.807, 2.05) is 30.8 Å². The molecule has 23 heavy (non-hydrogen) atoms. The number of nitrogens with zero attached hydrogens (tertiary/aromatic N) is 6. The highest BCUT2D eigenvalue weighted by atomic mass is 16.6. The van der Waals surface area contributed by atoms with Gasteiger partial charge in [-0.15, -0.1) is 0 Å². The minimum Gasteiger partial charge on any atom is -0.348 e. The fraction of sp³-hybridized carbons (Fsp3) is 0.714. The highest BCUT2D eigenvalue weighted by Crippen LogP contribution is 2.32. The number of aryl methyl sites for hydroxylation is 2. The fourth-order valence-electron chi connectivity index (χ4n) is 2.88. The molecule has 2 rings (SSSR count). The molecule has 0 bridgehead atoms. The molecule has 1 aromatic heterocycles. The number of likely N-dealkylation sites (N-methyl/N-ethyl adjacent to an activating group) is 1. The average Bonchev–Trinajstić information content (AvgIpc) is 2.83. The lowest BCUT2D eigenvalue weighted by Crippen LogP contribution is -2.51. The Labute approximate surface area is 135 Å². The van der Waals surface area contributed by atoms with E-state index in [1.54, 1.807) is 16.6 Å². The van der Waals surface area contributed by atoms with Crippen molar-refractivity contribution in [2.75, 3.05) is 51.7 Å². The first-order valence-electron chi connectivity index (χ1n) is 7.72. The van der Waals surface area contributed by atoms with Gasteiger partial charge in [-0.2, -0.15) is 5.10 Å². The van der Waals surface area contributed by atoms with E-state index in [4.69, 9.17) is 0 Å². The molecule has 1 amide bonds. The summed E-state index contributed by atoms with van der Waals surface area (Å²) < 4.78 is 1.58. The van der Waals surface area contributed by atoms with Crippen LogP contribution in [0, 0.1) is 10.1 Å². The second-order valence-electron chi connectivity index (χ2n) is 5.96. The predicted octanol–water partition coefficient (Wildman–Crippen LogP) is 0.101. The van der Waals surface area contributed by atoms with E-state index in [1.165, 1.54) is 0 Å². The fourth-order valence-corrected chi connectivity index (χ4v) is 2.88. The summed E-state index contributed by atoms with van der Waals surface area (Å²) >= 11 is 0. The monoisotopic (exact) mass is 324 g/mol. The molecule has 0 aliphatic carbocycles. The number of rotatable bonds is 5. The van der Waals surface area contributed by atoms with Gasteiger partial charge >= 0.3 is 5.69 Å². The standard InChI is InChI=1S/C14H24N6O3/c1-5-11-13(20(22)23)14(17(4)15-11)19-8-6-18(7-9-19)12(21)10-16(2)3/h5-10H2,1-4H3. The molecule has 0 radical (unpaired) electrons. The normalized spacial score (nSPS) is 15.3. The summed E-state index contributed by atoms with van der Waals surface area (Å²) in [6.07, 6.45) is 0.519. The molecule has 9 heteroatoms. The van der Waals surface area contributed by atoms with Gasteiger partial charge < -0.3 is 14.7 Å². The quantitative estimate of drug-likeness (QED) is 0.564. The third-order valence-electron chi connectivity index (χ3n) is 3.96. The Balaban J connectivity index is 2.13. The molecule has 0 saturated carbocycles. The van der Waals surface area contributed by atoms with Gasteiger partial charge in [-0.05, 0) is 20.5 Å². The van der Waals surface area contributed by atoms with Crippen molar-refractivity contribution >= 4 is 17.4 Å². The number of carbonyl (C=O) groups excluding carboxylic acids is 1. The lowest BCUT2D eigenvalue weighted by molar-refractivity contribution is -0.384. The smallest absolute Gasteiger partial charge is 0.334 e. The Morgan fingerprint density at radius 1 is 1.30 bits per heavy atom. The summed E-state index contributed by atoms with van der Waals surface area (Å²) in [5.41, 5.74) is 0.585. The SMILES string of the molecule is CCc1nn(C)c(N2CCN(C(=O)CN(C)C)CC2)c1[N+](=O)[O-]. The number of aromatic nitrogens is 2. The lowest BCUT2D eigenvalue weighted by atomic mass is 10.2. The summed E-state index contributed by atoms with van der Waals surface area (Å²) in [5, 5.41) is 15.7. The third-order valence-corrected chi connectivity index (χ3v) is 3.96. The van der Waals surface area contributed by atoms with E-state index >= 15 is 0 Å². The Morgan fingerprint density at radius 2 is 1.91 bits per heavy atom. The molecule has 1 aromatic rings. The molecule has 0 aromatic carbocycles. The first-order chi connectivity index (χ1) is 10.8. The Morgan fingerprint density at radius 3 is 2.39 bits per heavy atom. The number of piperazine rings is 1. The zero-order valence-electron chi connectivity index (χ0n) is 14.2. The van der Waals surface area contributed by atoms with E-state index in [0.29, 0.717) is 50.7 Å². The van der Waals surface area contributed by atoms with Gasteiger partial charge in [0, 0.05) is 33.2 Å². The minimum absolute atomic E-state index is 0.0862. The molecule has 0 unspecified atom stereocenters. The second-order valence-corrected chi connectivity index (χ2v) is 5.96. The predicted molar refractivity (Wildman–Crippen MR) is 86.6 cm³/mol. The van der Waals surface area contributed by atoms with Crippen LogP contribution in [0.1, 0.15) is 12.6 Å². The van der Waals surface area contributed by atoms with E-state index in [-0.39, 0.29) is 16.5 Å². The minimum atomic E-state index is -0.356. The number of anilines is 1. The Hall–Kier alpha value is -2.16. The lowest BCUT2D eigenvalue weighted by Gasteiger charge is -2.35. The van der Waals surface area contributed by atoms with Crippen molar-refractivity contribution < 1.29 is 9.72 Å². The van der Waals surface area contributed by atoms with E-state index in [2.05, 4.69) is 5.10 Å². The summed E-state index contributed by atoms with van der Waals surface area (Å²) in [6, 6.07) is 0. The van der Waals surface area contributed by atoms with Crippen LogP contribution in [0.4, 0.5) is 11.5 Å². The molecule has 128 valence electrons. The van der Waals surface area contributed by atoms with Crippen LogP contribution in [0.5, 0.6) is 0 Å². The topological polar surface area (TPSA) is 87.8 Å². The molecule has 1 aliphatic heterocycles. The summed E-state index contributed by atoms with van der Waals surface area (Å²) in [4.78, 5) is 28.7. The van der Waals surface area contributed by atoms with Crippen LogP contribution in [-0.2, 0) is 18.3 Å². The zero-order valence-corrected chi connectivity index (χ0v) is 14.2. The number of hydrogen-bond donors (Lipinski definition) is 0. The molecule has 0 atom stereocenters. The number of amides is 1. The Kier molecular flexibility index (Phi) is 5.19. The second kappa shape index (κ2) is 6.95. The molecular weight excluding hydrogens is 300 g/mol. The molecule has 9 nitrogen and oxygen atoms in total. The van der Waals surface area contributed by atoms with Crippen molar-refractivity contribution in [3.05, 3.63) is 15.8 Å².